The van der Waals surface area contributed by atoms with E-state index in [0.29, 0.717) is 0 Å². The van der Waals surface area contributed by atoms with Gasteiger partial charge in [0.25, 0.3) is 0 Å². The smallest absolute Gasteiger partial charge is 0.141 e. The van der Waals surface area contributed by atoms with Crippen LogP contribution in [0.2, 0.25) is 0 Å². The highest BCUT2D eigenvalue weighted by Crippen LogP contribution is 2.30. The lowest BCUT2D eigenvalue weighted by molar-refractivity contribution is 0.935. The second kappa shape index (κ2) is 7.07. The van der Waals surface area contributed by atoms with Gasteiger partial charge in [-0.1, -0.05) is 19.1 Å². The van der Waals surface area contributed by atoms with E-state index in [-0.39, 0.29) is 0 Å². The Hall–Kier alpha value is -2.10. The molecule has 1 N–H and O–H groups in total. The van der Waals surface area contributed by atoms with Crippen molar-refractivity contribution in [2.45, 2.75) is 34.1 Å². The molecule has 0 bridgehead atoms. The Morgan fingerprint density at radius 3 is 2.57 bits per heavy atom. The fourth-order valence-electron chi connectivity index (χ4n) is 2.53. The first-order valence-corrected chi connectivity index (χ1v) is 7.63. The quantitative estimate of drug-likeness (QED) is 0.872. The summed E-state index contributed by atoms with van der Waals surface area (Å²) in [5, 5.41) is 3.33. The summed E-state index contributed by atoms with van der Waals surface area (Å²) in [5.41, 5.74) is 3.60. The second-order valence-corrected chi connectivity index (χ2v) is 4.99. The molecule has 0 saturated carbocycles. The summed E-state index contributed by atoms with van der Waals surface area (Å²) in [6.07, 6.45) is 2.55. The van der Waals surface area contributed by atoms with E-state index in [0.717, 1.165) is 31.1 Å². The predicted octanol–water partition coefficient (Wildman–Crippen LogP) is 3.94. The molecule has 4 nitrogen and oxygen atoms in total. The molecule has 2 rings (SSSR count). The number of nitrogens with zero attached hydrogens (tertiary/aromatic N) is 3. The van der Waals surface area contributed by atoms with Gasteiger partial charge in [0.2, 0.25) is 0 Å². The molecule has 0 saturated heterocycles. The Morgan fingerprint density at radius 1 is 1.14 bits per heavy atom. The highest BCUT2D eigenvalue weighted by atomic mass is 15.2. The van der Waals surface area contributed by atoms with Crippen LogP contribution in [0, 0.1) is 6.92 Å². The largest absolute Gasteiger partial charge is 0.370 e. The molecule has 0 amide bonds. The third kappa shape index (κ3) is 3.32. The van der Waals surface area contributed by atoms with Crippen molar-refractivity contribution in [3.05, 3.63) is 41.7 Å². The van der Waals surface area contributed by atoms with Crippen LogP contribution in [0.3, 0.4) is 0 Å². The number of hydrogen-bond donors (Lipinski definition) is 1. The Balaban J connectivity index is 2.49. The molecule has 0 radical (unpaired) electrons. The molecular formula is C17H24N4. The van der Waals surface area contributed by atoms with Gasteiger partial charge in [-0.05, 0) is 44.9 Å². The summed E-state index contributed by atoms with van der Waals surface area (Å²) < 4.78 is 0. The van der Waals surface area contributed by atoms with Crippen LogP contribution in [-0.4, -0.2) is 23.1 Å². The minimum atomic E-state index is 0.861. The minimum absolute atomic E-state index is 0.861. The molecule has 21 heavy (non-hydrogen) atoms. The van der Waals surface area contributed by atoms with E-state index in [1.165, 1.54) is 16.8 Å². The topological polar surface area (TPSA) is 41.1 Å². The van der Waals surface area contributed by atoms with Crippen LogP contribution in [-0.2, 0) is 6.42 Å². The van der Waals surface area contributed by atoms with Gasteiger partial charge in [0.15, 0.2) is 0 Å². The van der Waals surface area contributed by atoms with Gasteiger partial charge >= 0.3 is 0 Å². The number of anilines is 3. The van der Waals surface area contributed by atoms with Crippen molar-refractivity contribution in [2.75, 3.05) is 23.3 Å². The molecule has 0 aliphatic rings. The SMILES string of the molecule is CCNc1ncnc(N(CC)c2cccc(C)c2)c1CC. The Bertz CT molecular complexity index is 595. The van der Waals surface area contributed by atoms with Gasteiger partial charge in [0.05, 0.1) is 0 Å². The first-order valence-electron chi connectivity index (χ1n) is 7.63. The van der Waals surface area contributed by atoms with E-state index in [4.69, 9.17) is 0 Å². The van der Waals surface area contributed by atoms with Crippen LogP contribution in [0.1, 0.15) is 31.9 Å². The van der Waals surface area contributed by atoms with Gasteiger partial charge in [0.1, 0.15) is 18.0 Å². The van der Waals surface area contributed by atoms with Crippen LogP contribution in [0.4, 0.5) is 17.3 Å². The number of rotatable bonds is 6. The molecular weight excluding hydrogens is 260 g/mol. The lowest BCUT2D eigenvalue weighted by Crippen LogP contribution is -2.20. The van der Waals surface area contributed by atoms with Crippen molar-refractivity contribution >= 4 is 17.3 Å². The van der Waals surface area contributed by atoms with E-state index in [9.17, 15) is 0 Å². The molecule has 4 heteroatoms. The van der Waals surface area contributed by atoms with Crippen LogP contribution in [0.5, 0.6) is 0 Å². The maximum Gasteiger partial charge on any atom is 0.141 e. The van der Waals surface area contributed by atoms with Gasteiger partial charge < -0.3 is 10.2 Å². The minimum Gasteiger partial charge on any atom is -0.370 e. The summed E-state index contributed by atoms with van der Waals surface area (Å²) in [4.78, 5) is 11.2. The number of aromatic nitrogens is 2. The molecule has 1 aromatic carbocycles. The fourth-order valence-corrected chi connectivity index (χ4v) is 2.53. The van der Waals surface area contributed by atoms with Crippen LogP contribution >= 0.6 is 0 Å². The van der Waals surface area contributed by atoms with E-state index in [2.05, 4.69) is 72.1 Å². The van der Waals surface area contributed by atoms with Crippen molar-refractivity contribution < 1.29 is 0 Å². The van der Waals surface area contributed by atoms with Crippen molar-refractivity contribution in [1.29, 1.82) is 0 Å². The zero-order chi connectivity index (χ0) is 15.2. The van der Waals surface area contributed by atoms with Crippen LogP contribution < -0.4 is 10.2 Å². The maximum atomic E-state index is 4.54. The third-order valence-corrected chi connectivity index (χ3v) is 3.51. The van der Waals surface area contributed by atoms with Crippen LogP contribution in [0.15, 0.2) is 30.6 Å². The van der Waals surface area contributed by atoms with Crippen LogP contribution in [0.25, 0.3) is 0 Å². The molecule has 1 heterocycles. The lowest BCUT2D eigenvalue weighted by atomic mass is 10.1. The number of hydrogen-bond acceptors (Lipinski definition) is 4. The maximum absolute atomic E-state index is 4.54. The molecule has 0 atom stereocenters. The zero-order valence-electron chi connectivity index (χ0n) is 13.3. The monoisotopic (exact) mass is 284 g/mol. The first-order chi connectivity index (χ1) is 10.2. The number of benzene rings is 1. The van der Waals surface area contributed by atoms with E-state index in [1.807, 2.05) is 0 Å². The van der Waals surface area contributed by atoms with Gasteiger partial charge in [-0.25, -0.2) is 9.97 Å². The standard InChI is InChI=1S/C17H24N4/c1-5-15-16(18-6-2)19-12-20-17(15)21(7-3)14-10-8-9-13(4)11-14/h8-12H,5-7H2,1-4H3,(H,18,19,20). The fraction of sp³-hybridized carbons (Fsp3) is 0.412. The second-order valence-electron chi connectivity index (χ2n) is 4.99. The van der Waals surface area contributed by atoms with E-state index < -0.39 is 0 Å². The summed E-state index contributed by atoms with van der Waals surface area (Å²) in [6.45, 7) is 10.2. The predicted molar refractivity (Wildman–Crippen MR) is 89.4 cm³/mol. The first kappa shape index (κ1) is 15.3. The molecule has 1 aromatic heterocycles. The average molecular weight is 284 g/mol. The van der Waals surface area contributed by atoms with Gasteiger partial charge in [-0.3, -0.25) is 0 Å². The van der Waals surface area contributed by atoms with Gasteiger partial charge in [0, 0.05) is 24.3 Å². The Morgan fingerprint density at radius 2 is 1.95 bits per heavy atom. The normalized spacial score (nSPS) is 10.5. The Labute approximate surface area is 127 Å². The van der Waals surface area contributed by atoms with E-state index in [1.54, 1.807) is 6.33 Å². The highest BCUT2D eigenvalue weighted by Gasteiger charge is 2.16. The zero-order valence-corrected chi connectivity index (χ0v) is 13.3. The summed E-state index contributed by atoms with van der Waals surface area (Å²) in [7, 11) is 0. The molecule has 0 aliphatic heterocycles. The Kier molecular flexibility index (Phi) is 5.14. The van der Waals surface area contributed by atoms with Crippen molar-refractivity contribution in [3.8, 4) is 0 Å². The molecule has 0 unspecified atom stereocenters. The lowest BCUT2D eigenvalue weighted by Gasteiger charge is -2.25. The average Bonchev–Trinajstić information content (AvgIpc) is 2.49. The van der Waals surface area contributed by atoms with Crippen molar-refractivity contribution in [2.24, 2.45) is 0 Å². The van der Waals surface area contributed by atoms with Gasteiger partial charge in [-0.2, -0.15) is 0 Å². The number of aryl methyl sites for hydroxylation is 1. The molecule has 0 spiro atoms. The number of nitrogens with one attached hydrogen (secondary N) is 1. The third-order valence-electron chi connectivity index (χ3n) is 3.51. The molecule has 2 aromatic rings. The summed E-state index contributed by atoms with van der Waals surface area (Å²) in [6, 6.07) is 8.52. The summed E-state index contributed by atoms with van der Waals surface area (Å²) >= 11 is 0. The van der Waals surface area contributed by atoms with E-state index >= 15 is 0 Å². The molecule has 112 valence electrons. The van der Waals surface area contributed by atoms with Crippen molar-refractivity contribution in [1.82, 2.24) is 9.97 Å². The molecule has 0 aliphatic carbocycles. The molecule has 0 fully saturated rings. The highest BCUT2D eigenvalue weighted by molar-refractivity contribution is 5.67. The summed E-state index contributed by atoms with van der Waals surface area (Å²) in [5.74, 6) is 1.94. The van der Waals surface area contributed by atoms with Crippen molar-refractivity contribution in [3.63, 3.8) is 0 Å². The van der Waals surface area contributed by atoms with Gasteiger partial charge in [-0.15, -0.1) is 0 Å².